The van der Waals surface area contributed by atoms with Crippen LogP contribution in [0.5, 0.6) is 0 Å². The number of fused-ring (bicyclic) bond motifs is 1. The molecule has 1 aliphatic rings. The average molecular weight is 475 g/mol. The van der Waals surface area contributed by atoms with E-state index in [0.717, 1.165) is 28.1 Å². The maximum absolute atomic E-state index is 13.4. The summed E-state index contributed by atoms with van der Waals surface area (Å²) in [5.74, 6) is 1.48. The van der Waals surface area contributed by atoms with E-state index in [-0.39, 0.29) is 17.5 Å². The number of aryl methyl sites for hydroxylation is 1. The molecule has 5 rings (SSSR count). The molecule has 0 saturated carbocycles. The van der Waals surface area contributed by atoms with Gasteiger partial charge in [-0.1, -0.05) is 61.0 Å². The van der Waals surface area contributed by atoms with Gasteiger partial charge in [0.2, 0.25) is 0 Å². The third kappa shape index (κ3) is 4.10. The Morgan fingerprint density at radius 3 is 2.59 bits per heavy atom. The Hall–Kier alpha value is -3.15. The molecule has 0 aliphatic carbocycles. The van der Waals surface area contributed by atoms with Gasteiger partial charge in [0.25, 0.3) is 0 Å². The first-order chi connectivity index (χ1) is 16.3. The van der Waals surface area contributed by atoms with Gasteiger partial charge in [0, 0.05) is 24.2 Å². The van der Waals surface area contributed by atoms with Gasteiger partial charge in [0.1, 0.15) is 22.3 Å². The van der Waals surface area contributed by atoms with Gasteiger partial charge in [-0.3, -0.25) is 4.79 Å². The summed E-state index contributed by atoms with van der Waals surface area (Å²) in [6.45, 7) is 7.07. The van der Waals surface area contributed by atoms with Crippen molar-refractivity contribution in [2.24, 2.45) is 0 Å². The van der Waals surface area contributed by atoms with E-state index in [1.165, 1.54) is 0 Å². The van der Waals surface area contributed by atoms with Gasteiger partial charge in [-0.25, -0.2) is 4.98 Å². The van der Waals surface area contributed by atoms with Gasteiger partial charge in [0.15, 0.2) is 5.43 Å². The summed E-state index contributed by atoms with van der Waals surface area (Å²) in [4.78, 5) is 19.9. The third-order valence-corrected chi connectivity index (χ3v) is 6.78. The zero-order valence-electron chi connectivity index (χ0n) is 19.5. The van der Waals surface area contributed by atoms with Gasteiger partial charge in [-0.15, -0.1) is 0 Å². The summed E-state index contributed by atoms with van der Waals surface area (Å²) < 4.78 is 6.47. The minimum Gasteiger partial charge on any atom is -0.455 e. The lowest BCUT2D eigenvalue weighted by atomic mass is 9.90. The zero-order chi connectivity index (χ0) is 24.0. The number of halogens is 1. The van der Waals surface area contributed by atoms with Crippen molar-refractivity contribution in [1.82, 2.24) is 4.98 Å². The van der Waals surface area contributed by atoms with Gasteiger partial charge in [-0.2, -0.15) is 0 Å². The minimum absolute atomic E-state index is 0.000619. The van der Waals surface area contributed by atoms with Crippen LogP contribution >= 0.6 is 11.6 Å². The Morgan fingerprint density at radius 2 is 1.88 bits per heavy atom. The molecule has 0 spiro atoms. The van der Waals surface area contributed by atoms with Crippen LogP contribution in [-0.4, -0.2) is 29.3 Å². The second kappa shape index (κ2) is 8.90. The highest BCUT2D eigenvalue weighted by molar-refractivity contribution is 6.29. The highest BCUT2D eigenvalue weighted by Crippen LogP contribution is 2.35. The number of rotatable bonds is 5. The smallest absolute Gasteiger partial charge is 0.196 e. The zero-order valence-corrected chi connectivity index (χ0v) is 20.3. The molecule has 4 aromatic rings. The number of aliphatic hydroxyl groups excluding tert-OH is 1. The van der Waals surface area contributed by atoms with Crippen molar-refractivity contribution in [2.45, 2.75) is 39.2 Å². The summed E-state index contributed by atoms with van der Waals surface area (Å²) in [7, 11) is 0. The summed E-state index contributed by atoms with van der Waals surface area (Å²) in [5.41, 5.74) is 5.21. The molecule has 0 radical (unpaired) electrons. The lowest BCUT2D eigenvalue weighted by Crippen LogP contribution is -2.51. The van der Waals surface area contributed by atoms with Gasteiger partial charge in [-0.05, 0) is 55.0 Å². The summed E-state index contributed by atoms with van der Waals surface area (Å²) in [5, 5.41) is 10.8. The highest BCUT2D eigenvalue weighted by atomic mass is 35.5. The fourth-order valence-electron chi connectivity index (χ4n) is 4.75. The fraction of sp³-hybridized carbons (Fsp3) is 0.286. The number of aromatic nitrogens is 1. The van der Waals surface area contributed by atoms with E-state index < -0.39 is 0 Å². The van der Waals surface area contributed by atoms with Crippen LogP contribution in [0.25, 0.3) is 22.3 Å². The van der Waals surface area contributed by atoms with E-state index in [9.17, 15) is 9.90 Å². The number of nitrogens with zero attached hydrogens (tertiary/aromatic N) is 2. The molecule has 0 bridgehead atoms. The van der Waals surface area contributed by atoms with Crippen molar-refractivity contribution in [3.05, 3.63) is 92.2 Å². The van der Waals surface area contributed by atoms with Crippen molar-refractivity contribution >= 4 is 28.4 Å². The van der Waals surface area contributed by atoms with Crippen molar-refractivity contribution in [2.75, 3.05) is 18.0 Å². The first-order valence-electron chi connectivity index (χ1n) is 11.5. The normalized spacial score (nSPS) is 14.9. The third-order valence-electron chi connectivity index (χ3n) is 6.57. The summed E-state index contributed by atoms with van der Waals surface area (Å²) >= 11 is 6.19. The number of hydrogen-bond donors (Lipinski definition) is 1. The standard InChI is InChI=1S/C28H27ClN2O3/c1-16-11-22(17(2)13-20-9-10-24(29)30-28(20)31-14-21(32)15-31)27-23(12-16)25(33)18(3)26(34-27)19-7-5-4-6-8-19/h4-12,17,21,32H,13-15H2,1-3H3/t17-/m0/s1. The Bertz CT molecular complexity index is 1430. The van der Waals surface area contributed by atoms with Crippen LogP contribution in [0.1, 0.15) is 35.1 Å². The Kier molecular flexibility index (Phi) is 5.92. The number of hydrogen-bond acceptors (Lipinski definition) is 5. The number of benzene rings is 2. The van der Waals surface area contributed by atoms with E-state index >= 15 is 0 Å². The second-order valence-corrected chi connectivity index (χ2v) is 9.65. The molecule has 1 saturated heterocycles. The number of anilines is 1. The molecule has 1 N–H and O–H groups in total. The molecule has 5 nitrogen and oxygen atoms in total. The van der Waals surface area contributed by atoms with Crippen molar-refractivity contribution < 1.29 is 9.52 Å². The van der Waals surface area contributed by atoms with Crippen LogP contribution in [-0.2, 0) is 6.42 Å². The fourth-order valence-corrected chi connectivity index (χ4v) is 4.90. The lowest BCUT2D eigenvalue weighted by molar-refractivity contribution is 0.141. The topological polar surface area (TPSA) is 66.6 Å². The molecule has 2 aromatic heterocycles. The molecule has 0 unspecified atom stereocenters. The maximum atomic E-state index is 13.4. The molecule has 2 aromatic carbocycles. The van der Waals surface area contributed by atoms with E-state index in [2.05, 4.69) is 18.0 Å². The largest absolute Gasteiger partial charge is 0.455 e. The van der Waals surface area contributed by atoms with Crippen LogP contribution < -0.4 is 10.3 Å². The maximum Gasteiger partial charge on any atom is 0.196 e. The second-order valence-electron chi connectivity index (χ2n) is 9.26. The van der Waals surface area contributed by atoms with E-state index in [1.807, 2.05) is 61.2 Å². The van der Waals surface area contributed by atoms with Crippen molar-refractivity contribution in [3.63, 3.8) is 0 Å². The predicted octanol–water partition coefficient (Wildman–Crippen LogP) is 5.65. The summed E-state index contributed by atoms with van der Waals surface area (Å²) in [6, 6.07) is 17.6. The Morgan fingerprint density at radius 1 is 1.15 bits per heavy atom. The Balaban J connectivity index is 1.60. The molecule has 1 fully saturated rings. The molecule has 34 heavy (non-hydrogen) atoms. The molecule has 1 atom stereocenters. The molecule has 6 heteroatoms. The van der Waals surface area contributed by atoms with E-state index in [1.54, 1.807) is 6.07 Å². The molecular weight excluding hydrogens is 448 g/mol. The number of pyridine rings is 1. The van der Waals surface area contributed by atoms with E-state index in [0.29, 0.717) is 47.0 Å². The SMILES string of the molecule is Cc1cc([C@@H](C)Cc2ccc(Cl)nc2N2CC(O)C2)c2oc(-c3ccccc3)c(C)c(=O)c2c1. The number of aliphatic hydroxyl groups is 1. The van der Waals surface area contributed by atoms with Crippen LogP contribution in [0.15, 0.2) is 63.8 Å². The monoisotopic (exact) mass is 474 g/mol. The molecule has 174 valence electrons. The first-order valence-corrected chi connectivity index (χ1v) is 11.9. The predicted molar refractivity (Wildman–Crippen MR) is 137 cm³/mol. The molecule has 0 amide bonds. The van der Waals surface area contributed by atoms with E-state index in [4.69, 9.17) is 16.0 Å². The van der Waals surface area contributed by atoms with Crippen molar-refractivity contribution in [3.8, 4) is 11.3 Å². The molecule has 3 heterocycles. The van der Waals surface area contributed by atoms with Crippen LogP contribution in [0, 0.1) is 13.8 Å². The number of β-amino-alcohol motifs (C(OH)–C–C–N with tert-alkyl or cyclic N) is 1. The van der Waals surface area contributed by atoms with Gasteiger partial charge in [0.05, 0.1) is 11.5 Å². The Labute approximate surface area is 203 Å². The first kappa shape index (κ1) is 22.6. The van der Waals surface area contributed by atoms with Gasteiger partial charge >= 0.3 is 0 Å². The lowest BCUT2D eigenvalue weighted by Gasteiger charge is -2.38. The minimum atomic E-state index is -0.333. The molecular formula is C28H27ClN2O3. The summed E-state index contributed by atoms with van der Waals surface area (Å²) in [6.07, 6.45) is 0.365. The van der Waals surface area contributed by atoms with Crippen LogP contribution in [0.4, 0.5) is 5.82 Å². The quantitative estimate of drug-likeness (QED) is 0.378. The van der Waals surface area contributed by atoms with Gasteiger partial charge < -0.3 is 14.4 Å². The molecule has 1 aliphatic heterocycles. The van der Waals surface area contributed by atoms with Crippen molar-refractivity contribution in [1.29, 1.82) is 0 Å². The van der Waals surface area contributed by atoms with Crippen LogP contribution in [0.3, 0.4) is 0 Å². The highest BCUT2D eigenvalue weighted by Gasteiger charge is 2.28. The average Bonchev–Trinajstić information content (AvgIpc) is 2.81. The van der Waals surface area contributed by atoms with Crippen LogP contribution in [0.2, 0.25) is 5.15 Å².